The summed E-state index contributed by atoms with van der Waals surface area (Å²) in [5, 5.41) is 14.8. The van der Waals surface area contributed by atoms with Crippen LogP contribution in [-0.2, 0) is 22.6 Å². The molecule has 1 N–H and O–H groups in total. The fourth-order valence-electron chi connectivity index (χ4n) is 5.36. The molecule has 2 atom stereocenters. The first-order chi connectivity index (χ1) is 18.3. The highest BCUT2D eigenvalue weighted by Gasteiger charge is 2.46. The second-order valence-electron chi connectivity index (χ2n) is 9.97. The molecule has 9 nitrogen and oxygen atoms in total. The number of non-ortho nitro benzene ring substituents is 1. The van der Waals surface area contributed by atoms with Crippen molar-refractivity contribution >= 4 is 35.1 Å². The van der Waals surface area contributed by atoms with Crippen LogP contribution in [0.25, 0.3) is 0 Å². The minimum atomic E-state index is -0.450. The number of carbonyl (C=O) groups is 3. The smallest absolute Gasteiger partial charge is 0.327 e. The molecule has 2 aromatic rings. The third-order valence-corrected chi connectivity index (χ3v) is 7.60. The van der Waals surface area contributed by atoms with Gasteiger partial charge in [-0.05, 0) is 55.4 Å². The minimum Gasteiger partial charge on any atom is -0.356 e. The average molecular weight is 541 g/mol. The van der Waals surface area contributed by atoms with Crippen molar-refractivity contribution in [3.8, 4) is 0 Å². The van der Waals surface area contributed by atoms with Crippen LogP contribution in [0.1, 0.15) is 56.1 Å². The number of nitro groups is 1. The molecule has 0 spiro atoms. The first-order valence-corrected chi connectivity index (χ1v) is 13.6. The molecule has 2 aromatic carbocycles. The van der Waals surface area contributed by atoms with Crippen molar-refractivity contribution in [1.29, 1.82) is 0 Å². The number of rotatable bonds is 11. The Labute approximate surface area is 227 Å². The predicted octanol–water partition coefficient (Wildman–Crippen LogP) is 5.10. The Morgan fingerprint density at radius 3 is 2.58 bits per heavy atom. The molecule has 0 aromatic heterocycles. The van der Waals surface area contributed by atoms with Gasteiger partial charge in [-0.3, -0.25) is 24.6 Å². The van der Waals surface area contributed by atoms with E-state index in [0.29, 0.717) is 42.8 Å². The third-order valence-electron chi connectivity index (χ3n) is 7.35. The van der Waals surface area contributed by atoms with Crippen molar-refractivity contribution in [3.63, 3.8) is 0 Å². The van der Waals surface area contributed by atoms with Crippen LogP contribution in [-0.4, -0.2) is 51.7 Å². The predicted molar refractivity (Wildman–Crippen MR) is 144 cm³/mol. The number of imide groups is 1. The zero-order valence-electron chi connectivity index (χ0n) is 21.3. The molecular weight excluding hydrogens is 508 g/mol. The van der Waals surface area contributed by atoms with Crippen LogP contribution in [0.5, 0.6) is 0 Å². The van der Waals surface area contributed by atoms with E-state index in [9.17, 15) is 24.5 Å². The second-order valence-corrected chi connectivity index (χ2v) is 10.4. The molecule has 4 amide bonds. The standard InChI is InChI=1S/C28H33ClN4O5/c29-22-13-11-20(12-14-22)15-16-30-26(34)10-3-4-17-31-27(35)24-8-1-2-9-25(24)32(28(31)36)19-21-6-5-7-23(18-21)33(37)38/h5-7,11-14,18,24-25H,1-4,8-10,15-17,19H2,(H,30,34). The molecule has 1 saturated heterocycles. The summed E-state index contributed by atoms with van der Waals surface area (Å²) >= 11 is 5.89. The maximum atomic E-state index is 13.4. The lowest BCUT2D eigenvalue weighted by Crippen LogP contribution is -2.62. The van der Waals surface area contributed by atoms with Gasteiger partial charge in [-0.15, -0.1) is 0 Å². The molecule has 202 valence electrons. The van der Waals surface area contributed by atoms with E-state index < -0.39 is 4.92 Å². The Balaban J connectivity index is 1.30. The van der Waals surface area contributed by atoms with Crippen LogP contribution in [0.3, 0.4) is 0 Å². The van der Waals surface area contributed by atoms with Crippen LogP contribution in [0, 0.1) is 16.0 Å². The summed E-state index contributed by atoms with van der Waals surface area (Å²) in [4.78, 5) is 52.7. The fourth-order valence-corrected chi connectivity index (χ4v) is 5.49. The number of fused-ring (bicyclic) bond motifs is 1. The van der Waals surface area contributed by atoms with E-state index in [2.05, 4.69) is 5.32 Å². The van der Waals surface area contributed by atoms with E-state index in [1.165, 1.54) is 17.0 Å². The molecule has 2 aliphatic rings. The van der Waals surface area contributed by atoms with E-state index in [1.54, 1.807) is 17.0 Å². The maximum absolute atomic E-state index is 13.4. The Kier molecular flexibility index (Phi) is 9.33. The Bertz CT molecular complexity index is 1170. The summed E-state index contributed by atoms with van der Waals surface area (Å²) in [6.45, 7) is 1.01. The minimum absolute atomic E-state index is 0.0217. The highest BCUT2D eigenvalue weighted by Crippen LogP contribution is 2.35. The second kappa shape index (κ2) is 12.9. The number of benzene rings is 2. The van der Waals surface area contributed by atoms with E-state index in [0.717, 1.165) is 31.2 Å². The molecule has 4 rings (SSSR count). The monoisotopic (exact) mass is 540 g/mol. The quantitative estimate of drug-likeness (QED) is 0.242. The molecule has 0 bridgehead atoms. The van der Waals surface area contributed by atoms with Crippen LogP contribution < -0.4 is 5.32 Å². The first kappa shape index (κ1) is 27.6. The van der Waals surface area contributed by atoms with Gasteiger partial charge in [0.25, 0.3) is 5.69 Å². The van der Waals surface area contributed by atoms with Gasteiger partial charge in [0.1, 0.15) is 0 Å². The lowest BCUT2D eigenvalue weighted by Gasteiger charge is -2.47. The summed E-state index contributed by atoms with van der Waals surface area (Å²) in [7, 11) is 0. The molecule has 1 saturated carbocycles. The van der Waals surface area contributed by atoms with Gasteiger partial charge < -0.3 is 10.2 Å². The number of unbranched alkanes of at least 4 members (excludes halogenated alkanes) is 1. The first-order valence-electron chi connectivity index (χ1n) is 13.2. The van der Waals surface area contributed by atoms with Gasteiger partial charge in [0.05, 0.1) is 10.8 Å². The average Bonchev–Trinajstić information content (AvgIpc) is 2.92. The summed E-state index contributed by atoms with van der Waals surface area (Å²) < 4.78 is 0. The van der Waals surface area contributed by atoms with E-state index in [1.807, 2.05) is 24.3 Å². The van der Waals surface area contributed by atoms with Crippen molar-refractivity contribution in [2.75, 3.05) is 13.1 Å². The Hall–Kier alpha value is -3.46. The van der Waals surface area contributed by atoms with Crippen molar-refractivity contribution in [1.82, 2.24) is 15.1 Å². The summed E-state index contributed by atoms with van der Waals surface area (Å²) in [5.41, 5.74) is 1.74. The molecule has 2 fully saturated rings. The van der Waals surface area contributed by atoms with Crippen molar-refractivity contribution in [3.05, 3.63) is 74.8 Å². The number of nitro benzene ring substituents is 1. The maximum Gasteiger partial charge on any atom is 0.327 e. The number of amides is 4. The topological polar surface area (TPSA) is 113 Å². The number of carbonyl (C=O) groups excluding carboxylic acids is 3. The van der Waals surface area contributed by atoms with Gasteiger partial charge in [-0.2, -0.15) is 0 Å². The normalized spacial score (nSPS) is 19.3. The van der Waals surface area contributed by atoms with E-state index in [-0.39, 0.29) is 48.6 Å². The molecule has 10 heteroatoms. The number of hydrogen-bond donors (Lipinski definition) is 1. The molecule has 1 aliphatic carbocycles. The van der Waals surface area contributed by atoms with Crippen molar-refractivity contribution in [2.24, 2.45) is 5.92 Å². The molecule has 0 radical (unpaired) electrons. The number of nitrogens with zero attached hydrogens (tertiary/aromatic N) is 3. The SMILES string of the molecule is O=C(CCCCN1C(=O)C2CCCCC2N(Cc2cccc([N+](=O)[O-])c2)C1=O)NCCc1ccc(Cl)cc1. The summed E-state index contributed by atoms with van der Waals surface area (Å²) in [6, 6.07) is 13.3. The lowest BCUT2D eigenvalue weighted by atomic mass is 9.81. The highest BCUT2D eigenvalue weighted by molar-refractivity contribution is 6.30. The number of nitrogens with one attached hydrogen (secondary N) is 1. The molecule has 1 aliphatic heterocycles. The van der Waals surface area contributed by atoms with Gasteiger partial charge in [-0.1, -0.05) is 48.7 Å². The fraction of sp³-hybridized carbons (Fsp3) is 0.464. The zero-order valence-corrected chi connectivity index (χ0v) is 22.1. The van der Waals surface area contributed by atoms with Gasteiger partial charge >= 0.3 is 6.03 Å². The van der Waals surface area contributed by atoms with Gasteiger partial charge in [0.2, 0.25) is 11.8 Å². The lowest BCUT2D eigenvalue weighted by molar-refractivity contribution is -0.384. The molecular formula is C28H33ClN4O5. The number of hydrogen-bond acceptors (Lipinski definition) is 5. The summed E-state index contributed by atoms with van der Waals surface area (Å²) in [6.07, 6.45) is 5.49. The van der Waals surface area contributed by atoms with Gasteiger partial charge in [0, 0.05) is 49.3 Å². The Morgan fingerprint density at radius 2 is 1.82 bits per heavy atom. The van der Waals surface area contributed by atoms with Crippen molar-refractivity contribution in [2.45, 2.75) is 64.0 Å². The van der Waals surface area contributed by atoms with Crippen LogP contribution in [0.2, 0.25) is 5.02 Å². The molecule has 1 heterocycles. The largest absolute Gasteiger partial charge is 0.356 e. The molecule has 38 heavy (non-hydrogen) atoms. The van der Waals surface area contributed by atoms with E-state index >= 15 is 0 Å². The van der Waals surface area contributed by atoms with Crippen LogP contribution in [0.4, 0.5) is 10.5 Å². The van der Waals surface area contributed by atoms with Crippen LogP contribution in [0.15, 0.2) is 48.5 Å². The van der Waals surface area contributed by atoms with Gasteiger partial charge in [0.15, 0.2) is 0 Å². The number of halogens is 1. The van der Waals surface area contributed by atoms with Gasteiger partial charge in [-0.25, -0.2) is 4.79 Å². The van der Waals surface area contributed by atoms with E-state index in [4.69, 9.17) is 11.6 Å². The number of urea groups is 1. The van der Waals surface area contributed by atoms with Crippen molar-refractivity contribution < 1.29 is 19.3 Å². The summed E-state index contributed by atoms with van der Waals surface area (Å²) in [5.74, 6) is -0.450. The zero-order chi connectivity index (χ0) is 27.1. The van der Waals surface area contributed by atoms with Crippen LogP contribution >= 0.6 is 11.6 Å². The Morgan fingerprint density at radius 1 is 1.05 bits per heavy atom. The molecule has 2 unspecified atom stereocenters. The third kappa shape index (κ3) is 6.89. The highest BCUT2D eigenvalue weighted by atomic mass is 35.5.